The normalized spacial score (nSPS) is 42.5. The van der Waals surface area contributed by atoms with E-state index >= 15 is 0 Å². The van der Waals surface area contributed by atoms with Gasteiger partial charge >= 0.3 is 5.97 Å². The van der Waals surface area contributed by atoms with Crippen molar-refractivity contribution >= 4 is 23.3 Å². The molecule has 2 bridgehead atoms. The Labute approximate surface area is 294 Å². The number of hydrogen-bond donors (Lipinski definition) is 2. The Hall–Kier alpha value is -2.42. The van der Waals surface area contributed by atoms with Gasteiger partial charge in [-0.2, -0.15) is 0 Å². The first-order valence-corrected chi connectivity index (χ1v) is 18.7. The third-order valence-corrected chi connectivity index (χ3v) is 12.4. The van der Waals surface area contributed by atoms with E-state index in [9.17, 15) is 29.4 Å². The Kier molecular flexibility index (Phi) is 12.4. The summed E-state index contributed by atoms with van der Waals surface area (Å²) < 4.78 is 12.0. The van der Waals surface area contributed by atoms with E-state index in [2.05, 4.69) is 0 Å². The summed E-state index contributed by atoms with van der Waals surface area (Å²) in [5, 5.41) is 23.1. The molecule has 2 aliphatic heterocycles. The minimum absolute atomic E-state index is 0.0359. The molecule has 1 saturated heterocycles. The molecule has 0 aromatic heterocycles. The van der Waals surface area contributed by atoms with Gasteiger partial charge in [0.25, 0.3) is 0 Å². The lowest BCUT2D eigenvalue weighted by atomic mass is 9.54. The molecule has 8 heteroatoms. The van der Waals surface area contributed by atoms with Gasteiger partial charge in [-0.1, -0.05) is 69.9 Å². The third-order valence-electron chi connectivity index (χ3n) is 12.4. The van der Waals surface area contributed by atoms with Crippen molar-refractivity contribution in [2.45, 2.75) is 149 Å². The largest absolute Gasteiger partial charge is 0.469 e. The van der Waals surface area contributed by atoms with Crippen molar-refractivity contribution in [1.29, 1.82) is 0 Å². The number of aliphatic hydroxyl groups is 2. The van der Waals surface area contributed by atoms with Gasteiger partial charge in [-0.15, -0.1) is 0 Å². The van der Waals surface area contributed by atoms with E-state index in [1.807, 2.05) is 59.8 Å². The molecule has 4 rings (SSSR count). The number of esters is 1. The molecule has 0 spiro atoms. The van der Waals surface area contributed by atoms with Gasteiger partial charge in [-0.3, -0.25) is 19.2 Å². The van der Waals surface area contributed by atoms with E-state index < -0.39 is 52.5 Å². The highest BCUT2D eigenvalue weighted by Gasteiger charge is 2.58. The molecule has 0 radical (unpaired) electrons. The summed E-state index contributed by atoms with van der Waals surface area (Å²) in [6.07, 6.45) is 9.50. The number of ether oxygens (including phenoxy) is 2. The van der Waals surface area contributed by atoms with Gasteiger partial charge in [0.1, 0.15) is 17.3 Å². The van der Waals surface area contributed by atoms with Gasteiger partial charge in [-0.25, -0.2) is 0 Å². The molecule has 10 atom stereocenters. The van der Waals surface area contributed by atoms with Gasteiger partial charge in [-0.05, 0) is 83.6 Å². The zero-order chi connectivity index (χ0) is 36.5. The average molecular weight is 683 g/mol. The van der Waals surface area contributed by atoms with Crippen LogP contribution >= 0.6 is 0 Å². The monoisotopic (exact) mass is 682 g/mol. The van der Waals surface area contributed by atoms with E-state index in [0.717, 1.165) is 36.0 Å². The summed E-state index contributed by atoms with van der Waals surface area (Å²) in [5.41, 5.74) is -1.36. The number of rotatable bonds is 2. The minimum Gasteiger partial charge on any atom is -0.469 e. The van der Waals surface area contributed by atoms with E-state index in [1.165, 1.54) is 7.11 Å². The van der Waals surface area contributed by atoms with Crippen LogP contribution in [0.3, 0.4) is 0 Å². The van der Waals surface area contributed by atoms with Crippen LogP contribution in [0.15, 0.2) is 34.9 Å². The summed E-state index contributed by atoms with van der Waals surface area (Å²) in [7, 11) is 1.31. The number of allylic oxidation sites excluding steroid dienone is 5. The lowest BCUT2D eigenvalue weighted by Crippen LogP contribution is -2.54. The molecule has 0 unspecified atom stereocenters. The molecular weight excluding hydrogens is 620 g/mol. The standard InChI is InChI=1S/C41H62O8/c1-24(2)30-22-33(42)27(5)12-10-11-25(3)20-34(43)32-21-28(6)29-15-17-39(7,46)37-16-18-40(8,47)36(49-37)14-13-26(4)19-31(29)41(32,23-35(30)44)38(45)48-9/h15,19,21,24-25,27,30-32,36-37,46-47H,10-14,16-18,20,22-23H2,1-9H3/b26-19+,29-15+/t25-,27+,30-,31-,32+,36+,37+,39-,40-,41-/m1/s1. The number of Topliss-reactive ketones (excluding diaryl/α,β-unsaturated/α-hetero) is 3. The van der Waals surface area contributed by atoms with Crippen molar-refractivity contribution in [3.8, 4) is 0 Å². The maximum Gasteiger partial charge on any atom is 0.314 e. The van der Waals surface area contributed by atoms with E-state index in [4.69, 9.17) is 9.47 Å². The molecule has 2 aliphatic carbocycles. The first-order valence-electron chi connectivity index (χ1n) is 18.7. The SMILES string of the molecule is COC(=O)[C@@]12CC(=O)[C@@H](C(C)C)CC(=O)[C@@H](C)CCC[C@@H](C)CC(=O)[C@@H]1C=C(C)/C1=C\C[C@@](C)(O)[C@@H]3CC[C@@](C)(O)[C@H](CC/C(C)=C/[C@H]12)O3. The van der Waals surface area contributed by atoms with Gasteiger partial charge in [0.15, 0.2) is 0 Å². The fourth-order valence-corrected chi connectivity index (χ4v) is 8.93. The Morgan fingerprint density at radius 3 is 2.22 bits per heavy atom. The second kappa shape index (κ2) is 15.4. The van der Waals surface area contributed by atoms with Crippen LogP contribution in [0.1, 0.15) is 126 Å². The van der Waals surface area contributed by atoms with E-state index in [-0.39, 0.29) is 60.8 Å². The van der Waals surface area contributed by atoms with Crippen molar-refractivity contribution in [1.82, 2.24) is 0 Å². The molecule has 2 heterocycles. The molecule has 8 nitrogen and oxygen atoms in total. The highest BCUT2D eigenvalue weighted by molar-refractivity contribution is 5.98. The number of carbonyl (C=O) groups excluding carboxylic acids is 4. The van der Waals surface area contributed by atoms with Crippen molar-refractivity contribution in [3.63, 3.8) is 0 Å². The van der Waals surface area contributed by atoms with Crippen LogP contribution < -0.4 is 0 Å². The van der Waals surface area contributed by atoms with Crippen molar-refractivity contribution in [3.05, 3.63) is 34.9 Å². The Morgan fingerprint density at radius 2 is 1.57 bits per heavy atom. The maximum atomic E-state index is 14.6. The van der Waals surface area contributed by atoms with Gasteiger partial charge in [0.05, 0.1) is 41.9 Å². The fourth-order valence-electron chi connectivity index (χ4n) is 8.93. The van der Waals surface area contributed by atoms with Crippen LogP contribution in [0, 0.1) is 40.9 Å². The van der Waals surface area contributed by atoms with Crippen LogP contribution in [0.25, 0.3) is 0 Å². The first-order chi connectivity index (χ1) is 22.8. The van der Waals surface area contributed by atoms with Gasteiger partial charge in [0, 0.05) is 37.0 Å². The Morgan fingerprint density at radius 1 is 0.898 bits per heavy atom. The zero-order valence-corrected chi connectivity index (χ0v) is 31.5. The summed E-state index contributed by atoms with van der Waals surface area (Å²) >= 11 is 0. The molecular formula is C41H62O8. The molecule has 1 saturated carbocycles. The summed E-state index contributed by atoms with van der Waals surface area (Å²) in [6.45, 7) is 15.3. The van der Waals surface area contributed by atoms with Crippen LogP contribution in [-0.4, -0.2) is 64.1 Å². The van der Waals surface area contributed by atoms with Crippen LogP contribution in [-0.2, 0) is 28.7 Å². The Balaban J connectivity index is 1.97. The van der Waals surface area contributed by atoms with E-state index in [1.54, 1.807) is 13.8 Å². The van der Waals surface area contributed by atoms with Crippen molar-refractivity contribution < 1.29 is 38.9 Å². The predicted octanol–water partition coefficient (Wildman–Crippen LogP) is 7.05. The second-order valence-corrected chi connectivity index (χ2v) is 16.9. The molecule has 2 fully saturated rings. The molecule has 274 valence electrons. The first kappa shape index (κ1) is 39.4. The summed E-state index contributed by atoms with van der Waals surface area (Å²) in [6, 6.07) is 0. The Bertz CT molecular complexity index is 1360. The second-order valence-electron chi connectivity index (χ2n) is 16.9. The topological polar surface area (TPSA) is 127 Å². The van der Waals surface area contributed by atoms with Crippen molar-refractivity contribution in [2.75, 3.05) is 7.11 Å². The number of hydrogen-bond acceptors (Lipinski definition) is 8. The van der Waals surface area contributed by atoms with Crippen LogP contribution in [0.2, 0.25) is 0 Å². The van der Waals surface area contributed by atoms with Crippen molar-refractivity contribution in [2.24, 2.45) is 40.9 Å². The molecule has 0 aromatic carbocycles. The van der Waals surface area contributed by atoms with Crippen LogP contribution in [0.5, 0.6) is 0 Å². The predicted molar refractivity (Wildman–Crippen MR) is 189 cm³/mol. The zero-order valence-electron chi connectivity index (χ0n) is 31.5. The summed E-state index contributed by atoms with van der Waals surface area (Å²) in [5.74, 6) is -3.38. The molecule has 4 aliphatic rings. The summed E-state index contributed by atoms with van der Waals surface area (Å²) in [4.78, 5) is 57.2. The maximum absolute atomic E-state index is 14.6. The number of fused-ring (bicyclic) bond motifs is 5. The fraction of sp³-hybridized carbons (Fsp3) is 0.756. The number of ketones is 3. The number of methoxy groups -OCH3 is 1. The minimum atomic E-state index is -1.59. The van der Waals surface area contributed by atoms with Gasteiger partial charge in [0.2, 0.25) is 0 Å². The lowest BCUT2D eigenvalue weighted by Gasteiger charge is -2.48. The molecule has 0 amide bonds. The molecule has 0 aromatic rings. The third kappa shape index (κ3) is 8.39. The number of carbonyl (C=O) groups is 4. The molecule has 2 N–H and O–H groups in total. The van der Waals surface area contributed by atoms with Crippen LogP contribution in [0.4, 0.5) is 0 Å². The smallest absolute Gasteiger partial charge is 0.314 e. The average Bonchev–Trinajstić information content (AvgIpc) is 3.01. The molecule has 49 heavy (non-hydrogen) atoms. The highest BCUT2D eigenvalue weighted by atomic mass is 16.5. The lowest BCUT2D eigenvalue weighted by molar-refractivity contribution is -0.214. The van der Waals surface area contributed by atoms with Gasteiger partial charge < -0.3 is 19.7 Å². The highest BCUT2D eigenvalue weighted by Crippen LogP contribution is 2.54. The quantitative estimate of drug-likeness (QED) is 0.234. The van der Waals surface area contributed by atoms with E-state index in [0.29, 0.717) is 25.7 Å².